The Morgan fingerprint density at radius 3 is 2.45 bits per heavy atom. The first-order valence-electron chi connectivity index (χ1n) is 10.6. The quantitative estimate of drug-likeness (QED) is 0.455. The van der Waals surface area contributed by atoms with E-state index in [1.54, 1.807) is 18.2 Å². The molecule has 33 heavy (non-hydrogen) atoms. The molecule has 2 N–H and O–H groups in total. The van der Waals surface area contributed by atoms with E-state index in [0.717, 1.165) is 16.3 Å². The van der Waals surface area contributed by atoms with Crippen LogP contribution in [0.1, 0.15) is 24.0 Å². The highest BCUT2D eigenvalue weighted by molar-refractivity contribution is 6.31. The molecule has 1 atom stereocenters. The van der Waals surface area contributed by atoms with Crippen molar-refractivity contribution in [3.8, 4) is 0 Å². The number of carbonyl (C=O) groups excluding carboxylic acids is 3. The Morgan fingerprint density at radius 1 is 0.970 bits per heavy atom. The number of piperidine rings is 1. The Bertz CT molecular complexity index is 1320. The number of rotatable bonds is 3. The number of aliphatic imine (C=N–C) groups is 1. The highest BCUT2D eigenvalue weighted by Gasteiger charge is 2.37. The molecule has 7 nitrogen and oxygen atoms in total. The van der Waals surface area contributed by atoms with Crippen LogP contribution in [0.15, 0.2) is 65.7 Å². The van der Waals surface area contributed by atoms with E-state index in [4.69, 9.17) is 16.6 Å². The Kier molecular flexibility index (Phi) is 5.44. The second kappa shape index (κ2) is 8.42. The molecule has 1 fully saturated rings. The van der Waals surface area contributed by atoms with Gasteiger partial charge in [-0.1, -0.05) is 54.1 Å². The van der Waals surface area contributed by atoms with Crippen LogP contribution in [0, 0.1) is 5.92 Å². The van der Waals surface area contributed by atoms with Gasteiger partial charge in [-0.25, -0.2) is 0 Å². The highest BCUT2D eigenvalue weighted by atomic mass is 35.5. The SMILES string of the molecule is O=C1Nc2ccc(Cl)cc2C(C2CC(=O)N(O)C(=O)C2)=NC1Cc1ccc2ccccc2c1. The first kappa shape index (κ1) is 21.3. The van der Waals surface area contributed by atoms with Gasteiger partial charge in [0.2, 0.25) is 5.91 Å². The van der Waals surface area contributed by atoms with Crippen LogP contribution in [0.25, 0.3) is 10.8 Å². The third-order valence-electron chi connectivity index (χ3n) is 6.06. The topological polar surface area (TPSA) is 99.1 Å². The average molecular weight is 462 g/mol. The average Bonchev–Trinajstić information content (AvgIpc) is 2.93. The molecule has 0 aromatic heterocycles. The van der Waals surface area contributed by atoms with Gasteiger partial charge >= 0.3 is 0 Å². The summed E-state index contributed by atoms with van der Waals surface area (Å²) in [6, 6.07) is 18.2. The van der Waals surface area contributed by atoms with Gasteiger partial charge in [0.15, 0.2) is 0 Å². The molecule has 3 amide bonds. The molecule has 1 unspecified atom stereocenters. The van der Waals surface area contributed by atoms with Crippen LogP contribution in [0.5, 0.6) is 0 Å². The number of anilines is 1. The smallest absolute Gasteiger partial charge is 0.253 e. The van der Waals surface area contributed by atoms with Crippen molar-refractivity contribution in [2.75, 3.05) is 5.32 Å². The summed E-state index contributed by atoms with van der Waals surface area (Å²) in [5.41, 5.74) is 2.51. The lowest BCUT2D eigenvalue weighted by Crippen LogP contribution is -2.43. The van der Waals surface area contributed by atoms with E-state index >= 15 is 0 Å². The van der Waals surface area contributed by atoms with E-state index in [1.165, 1.54) is 0 Å². The van der Waals surface area contributed by atoms with E-state index in [-0.39, 0.29) is 23.8 Å². The molecule has 5 rings (SSSR count). The maximum absolute atomic E-state index is 13.1. The fraction of sp³-hybridized carbons (Fsp3) is 0.200. The maximum Gasteiger partial charge on any atom is 0.253 e. The lowest BCUT2D eigenvalue weighted by atomic mass is 9.87. The van der Waals surface area contributed by atoms with Crippen LogP contribution in [-0.2, 0) is 20.8 Å². The number of carbonyl (C=O) groups is 3. The number of hydrogen-bond donors (Lipinski definition) is 2. The number of nitrogens with zero attached hydrogens (tertiary/aromatic N) is 2. The van der Waals surface area contributed by atoms with E-state index in [0.29, 0.717) is 28.4 Å². The number of imide groups is 1. The number of benzodiazepines with no additional fused rings is 1. The summed E-state index contributed by atoms with van der Waals surface area (Å²) in [5.74, 6) is -2.24. The third kappa shape index (κ3) is 4.13. The molecule has 0 saturated carbocycles. The Balaban J connectivity index is 1.56. The van der Waals surface area contributed by atoms with Crippen molar-refractivity contribution in [2.24, 2.45) is 10.9 Å². The molecule has 0 aliphatic carbocycles. The standard InChI is InChI=1S/C25H20ClN3O4/c26-18-7-8-20-19(13-18)24(17-11-22(30)29(33)23(31)12-17)27-21(25(32)28-20)10-14-5-6-15-3-1-2-4-16(15)9-14/h1-9,13,17,21,33H,10-12H2,(H,28,32). The summed E-state index contributed by atoms with van der Waals surface area (Å²) in [4.78, 5) is 42.2. The predicted molar refractivity (Wildman–Crippen MR) is 124 cm³/mol. The van der Waals surface area contributed by atoms with Gasteiger partial charge in [-0.2, -0.15) is 5.06 Å². The van der Waals surface area contributed by atoms with Crippen molar-refractivity contribution < 1.29 is 19.6 Å². The van der Waals surface area contributed by atoms with E-state index in [1.807, 2.05) is 42.5 Å². The molecule has 1 saturated heterocycles. The van der Waals surface area contributed by atoms with Gasteiger partial charge in [-0.15, -0.1) is 0 Å². The molecular formula is C25H20ClN3O4. The zero-order valence-corrected chi connectivity index (χ0v) is 18.2. The molecule has 0 bridgehead atoms. The molecule has 2 aliphatic heterocycles. The molecule has 0 radical (unpaired) electrons. The van der Waals surface area contributed by atoms with Crippen LogP contribution >= 0.6 is 11.6 Å². The Morgan fingerprint density at radius 2 is 1.70 bits per heavy atom. The molecular weight excluding hydrogens is 442 g/mol. The highest BCUT2D eigenvalue weighted by Crippen LogP contribution is 2.32. The largest absolute Gasteiger partial charge is 0.324 e. The van der Waals surface area contributed by atoms with Gasteiger partial charge in [-0.3, -0.25) is 24.6 Å². The number of benzene rings is 3. The minimum absolute atomic E-state index is 0.0933. The summed E-state index contributed by atoms with van der Waals surface area (Å²) in [5, 5.41) is 15.3. The normalized spacial score (nSPS) is 19.2. The van der Waals surface area contributed by atoms with Gasteiger partial charge in [-0.05, 0) is 34.5 Å². The zero-order valence-electron chi connectivity index (χ0n) is 17.5. The second-order valence-electron chi connectivity index (χ2n) is 8.30. The van der Waals surface area contributed by atoms with Gasteiger partial charge in [0.05, 0.1) is 0 Å². The van der Waals surface area contributed by atoms with Gasteiger partial charge in [0, 0.05) is 47.2 Å². The number of hydrogen-bond acceptors (Lipinski definition) is 5. The van der Waals surface area contributed by atoms with Crippen molar-refractivity contribution in [1.29, 1.82) is 0 Å². The molecule has 2 heterocycles. The summed E-state index contributed by atoms with van der Waals surface area (Å²) in [6.45, 7) is 0. The van der Waals surface area contributed by atoms with Crippen molar-refractivity contribution in [2.45, 2.75) is 25.3 Å². The molecule has 3 aromatic carbocycles. The molecule has 0 spiro atoms. The van der Waals surface area contributed by atoms with Crippen LogP contribution in [-0.4, -0.2) is 39.7 Å². The predicted octanol–water partition coefficient (Wildman–Crippen LogP) is 4.00. The summed E-state index contributed by atoms with van der Waals surface area (Å²) in [6.07, 6.45) is 0.163. The molecule has 2 aliphatic rings. The Labute approximate surface area is 194 Å². The summed E-state index contributed by atoms with van der Waals surface area (Å²) >= 11 is 6.22. The lowest BCUT2D eigenvalue weighted by molar-refractivity contribution is -0.183. The minimum Gasteiger partial charge on any atom is -0.324 e. The number of fused-ring (bicyclic) bond motifs is 2. The number of halogens is 1. The molecule has 166 valence electrons. The van der Waals surface area contributed by atoms with Crippen molar-refractivity contribution in [1.82, 2.24) is 5.06 Å². The van der Waals surface area contributed by atoms with Crippen LogP contribution < -0.4 is 5.32 Å². The monoisotopic (exact) mass is 461 g/mol. The molecule has 8 heteroatoms. The van der Waals surface area contributed by atoms with Gasteiger partial charge in [0.1, 0.15) is 6.04 Å². The lowest BCUT2D eigenvalue weighted by Gasteiger charge is -2.27. The fourth-order valence-corrected chi connectivity index (χ4v) is 4.57. The van der Waals surface area contributed by atoms with Crippen molar-refractivity contribution >= 4 is 51.5 Å². The fourth-order valence-electron chi connectivity index (χ4n) is 4.40. The van der Waals surface area contributed by atoms with Crippen LogP contribution in [0.4, 0.5) is 5.69 Å². The summed E-state index contributed by atoms with van der Waals surface area (Å²) < 4.78 is 0. The van der Waals surface area contributed by atoms with Crippen LogP contribution in [0.3, 0.4) is 0 Å². The first-order chi connectivity index (χ1) is 15.9. The van der Waals surface area contributed by atoms with E-state index < -0.39 is 23.8 Å². The van der Waals surface area contributed by atoms with Crippen molar-refractivity contribution in [3.63, 3.8) is 0 Å². The number of amides is 3. The third-order valence-corrected chi connectivity index (χ3v) is 6.29. The maximum atomic E-state index is 13.1. The zero-order chi connectivity index (χ0) is 23.1. The van der Waals surface area contributed by atoms with Crippen LogP contribution in [0.2, 0.25) is 5.02 Å². The van der Waals surface area contributed by atoms with E-state index in [9.17, 15) is 19.6 Å². The first-order valence-corrected chi connectivity index (χ1v) is 11.0. The molecule has 3 aromatic rings. The summed E-state index contributed by atoms with van der Waals surface area (Å²) in [7, 11) is 0. The number of hydroxylamine groups is 2. The Hall–Kier alpha value is -3.55. The van der Waals surface area contributed by atoms with E-state index in [2.05, 4.69) is 5.32 Å². The second-order valence-corrected chi connectivity index (χ2v) is 8.74. The minimum atomic E-state index is -0.760. The van der Waals surface area contributed by atoms with Gasteiger partial charge in [0.25, 0.3) is 11.8 Å². The number of nitrogens with one attached hydrogen (secondary N) is 1. The van der Waals surface area contributed by atoms with Gasteiger partial charge < -0.3 is 5.32 Å². The van der Waals surface area contributed by atoms with Crippen molar-refractivity contribution in [3.05, 3.63) is 76.8 Å².